The Morgan fingerprint density at radius 1 is 1.00 bits per heavy atom. The Morgan fingerprint density at radius 2 is 1.73 bits per heavy atom. The van der Waals surface area contributed by atoms with Gasteiger partial charge in [0.15, 0.2) is 5.49 Å². The summed E-state index contributed by atoms with van der Waals surface area (Å²) in [5.41, 5.74) is 4.32. The summed E-state index contributed by atoms with van der Waals surface area (Å²) in [6, 6.07) is 7.93. The Balaban J connectivity index is 1.63. The van der Waals surface area contributed by atoms with E-state index in [-0.39, 0.29) is 0 Å². The zero-order chi connectivity index (χ0) is 14.9. The van der Waals surface area contributed by atoms with Crippen molar-refractivity contribution in [2.24, 2.45) is 4.99 Å². The van der Waals surface area contributed by atoms with E-state index in [0.29, 0.717) is 6.67 Å². The lowest BCUT2D eigenvalue weighted by Crippen LogP contribution is -2.42. The summed E-state index contributed by atoms with van der Waals surface area (Å²) in [6.07, 6.45) is 6.60. The van der Waals surface area contributed by atoms with Crippen molar-refractivity contribution in [2.75, 3.05) is 6.67 Å². The highest BCUT2D eigenvalue weighted by atomic mass is 35.5. The fourth-order valence-electron chi connectivity index (χ4n) is 2.99. The van der Waals surface area contributed by atoms with Gasteiger partial charge in [-0.15, -0.1) is 0 Å². The van der Waals surface area contributed by atoms with Gasteiger partial charge in [-0.2, -0.15) is 0 Å². The fraction of sp³-hybridized carbons (Fsp3) is 0.353. The lowest BCUT2D eigenvalue weighted by Gasteiger charge is -2.21. The average molecular weight is 313 g/mol. The molecule has 1 aromatic carbocycles. The molecular formula is C17H17ClN4. The number of benzene rings is 1. The van der Waals surface area contributed by atoms with Crippen LogP contribution in [0.25, 0.3) is 6.20 Å². The van der Waals surface area contributed by atoms with Crippen LogP contribution < -0.4 is 10.8 Å². The Labute approximate surface area is 134 Å². The van der Waals surface area contributed by atoms with Gasteiger partial charge >= 0.3 is 0 Å². The van der Waals surface area contributed by atoms with Crippen LogP contribution in [0.5, 0.6) is 0 Å². The highest BCUT2D eigenvalue weighted by Gasteiger charge is 2.14. The first kappa shape index (κ1) is 13.7. The third-order valence-corrected chi connectivity index (χ3v) is 4.39. The normalized spacial score (nSPS) is 16.3. The standard InChI is InChI=1S/C17H17ClN4/c18-13-7-5-12(6-8-13)9-22-10-16-17(19-11-22)21-15-4-2-1-3-14(15)20-16/h5-8,10H,1-4,9,11H2. The molecule has 22 heavy (non-hydrogen) atoms. The van der Waals surface area contributed by atoms with E-state index in [1.807, 2.05) is 24.3 Å². The summed E-state index contributed by atoms with van der Waals surface area (Å²) in [7, 11) is 0. The molecular weight excluding hydrogens is 296 g/mol. The minimum Gasteiger partial charge on any atom is -0.352 e. The average Bonchev–Trinajstić information content (AvgIpc) is 2.55. The summed E-state index contributed by atoms with van der Waals surface area (Å²) in [4.78, 5) is 16.2. The molecule has 0 saturated heterocycles. The van der Waals surface area contributed by atoms with Crippen molar-refractivity contribution in [1.29, 1.82) is 0 Å². The molecule has 112 valence electrons. The van der Waals surface area contributed by atoms with Crippen molar-refractivity contribution < 1.29 is 0 Å². The van der Waals surface area contributed by atoms with Crippen LogP contribution in [0.2, 0.25) is 5.02 Å². The van der Waals surface area contributed by atoms with Crippen molar-refractivity contribution in [1.82, 2.24) is 14.9 Å². The number of fused-ring (bicyclic) bond motifs is 2. The second-order valence-corrected chi connectivity index (χ2v) is 6.27. The van der Waals surface area contributed by atoms with Crippen LogP contribution in [0, 0.1) is 0 Å². The molecule has 0 radical (unpaired) electrons. The van der Waals surface area contributed by atoms with Crippen LogP contribution >= 0.6 is 11.6 Å². The number of hydrogen-bond acceptors (Lipinski definition) is 4. The van der Waals surface area contributed by atoms with Gasteiger partial charge in [-0.05, 0) is 43.4 Å². The van der Waals surface area contributed by atoms with Crippen molar-refractivity contribution in [3.05, 3.63) is 57.1 Å². The van der Waals surface area contributed by atoms with Crippen LogP contribution in [-0.2, 0) is 19.4 Å². The minimum atomic E-state index is 0.628. The van der Waals surface area contributed by atoms with Crippen LogP contribution in [0.1, 0.15) is 29.8 Å². The molecule has 2 aliphatic rings. The number of rotatable bonds is 2. The highest BCUT2D eigenvalue weighted by Crippen LogP contribution is 2.15. The Morgan fingerprint density at radius 3 is 2.50 bits per heavy atom. The minimum absolute atomic E-state index is 0.628. The molecule has 0 bridgehead atoms. The van der Waals surface area contributed by atoms with E-state index in [0.717, 1.165) is 46.6 Å². The van der Waals surface area contributed by atoms with Gasteiger partial charge in [0, 0.05) is 17.8 Å². The van der Waals surface area contributed by atoms with E-state index in [1.54, 1.807) is 0 Å². The van der Waals surface area contributed by atoms with Crippen molar-refractivity contribution in [3.8, 4) is 0 Å². The van der Waals surface area contributed by atoms with Crippen LogP contribution in [-0.4, -0.2) is 21.5 Å². The number of halogens is 1. The molecule has 1 aromatic heterocycles. The van der Waals surface area contributed by atoms with Gasteiger partial charge in [0.2, 0.25) is 0 Å². The smallest absolute Gasteiger partial charge is 0.177 e. The van der Waals surface area contributed by atoms with Crippen molar-refractivity contribution in [3.63, 3.8) is 0 Å². The predicted molar refractivity (Wildman–Crippen MR) is 85.8 cm³/mol. The van der Waals surface area contributed by atoms with Gasteiger partial charge in [0.1, 0.15) is 12.0 Å². The third-order valence-electron chi connectivity index (χ3n) is 4.14. The molecule has 4 rings (SSSR count). The fourth-order valence-corrected chi connectivity index (χ4v) is 3.12. The van der Waals surface area contributed by atoms with Gasteiger partial charge in [0.25, 0.3) is 0 Å². The first-order chi connectivity index (χ1) is 10.8. The monoisotopic (exact) mass is 312 g/mol. The third kappa shape index (κ3) is 2.71. The molecule has 0 spiro atoms. The number of aryl methyl sites for hydroxylation is 2. The molecule has 0 atom stereocenters. The summed E-state index contributed by atoms with van der Waals surface area (Å²) in [5, 5.41) is 1.67. The maximum Gasteiger partial charge on any atom is 0.177 e. The second kappa shape index (κ2) is 5.69. The summed E-state index contributed by atoms with van der Waals surface area (Å²) in [6.45, 7) is 1.43. The van der Waals surface area contributed by atoms with Crippen LogP contribution in [0.3, 0.4) is 0 Å². The lowest BCUT2D eigenvalue weighted by molar-refractivity contribution is 0.402. The molecule has 2 heterocycles. The highest BCUT2D eigenvalue weighted by molar-refractivity contribution is 6.30. The molecule has 0 fully saturated rings. The Bertz CT molecular complexity index is 814. The zero-order valence-electron chi connectivity index (χ0n) is 12.3. The molecule has 2 aromatic rings. The summed E-state index contributed by atoms with van der Waals surface area (Å²) >= 11 is 5.93. The largest absolute Gasteiger partial charge is 0.352 e. The van der Waals surface area contributed by atoms with Crippen LogP contribution in [0.4, 0.5) is 0 Å². The number of aromatic nitrogens is 2. The van der Waals surface area contributed by atoms with Gasteiger partial charge in [-0.1, -0.05) is 23.7 Å². The van der Waals surface area contributed by atoms with Gasteiger partial charge in [-0.3, -0.25) is 0 Å². The Hall–Kier alpha value is -1.94. The number of nitrogens with zero attached hydrogens (tertiary/aromatic N) is 4. The molecule has 0 amide bonds. The summed E-state index contributed by atoms with van der Waals surface area (Å²) in [5.74, 6) is 0. The van der Waals surface area contributed by atoms with Gasteiger partial charge < -0.3 is 4.90 Å². The molecule has 5 heteroatoms. The Kier molecular flexibility index (Phi) is 3.54. The molecule has 4 nitrogen and oxygen atoms in total. The SMILES string of the molecule is Clc1ccc(CN2C=c3nc4c(nc3=NC2)CCCC4)cc1. The van der Waals surface area contributed by atoms with Crippen LogP contribution in [0.15, 0.2) is 29.3 Å². The van der Waals surface area contributed by atoms with E-state index in [1.165, 1.54) is 18.4 Å². The number of hydrogen-bond donors (Lipinski definition) is 0. The zero-order valence-corrected chi connectivity index (χ0v) is 13.1. The van der Waals surface area contributed by atoms with Gasteiger partial charge in [-0.25, -0.2) is 15.0 Å². The second-order valence-electron chi connectivity index (χ2n) is 5.83. The first-order valence-corrected chi connectivity index (χ1v) is 8.06. The predicted octanol–water partition coefficient (Wildman–Crippen LogP) is 1.84. The van der Waals surface area contributed by atoms with E-state index in [9.17, 15) is 0 Å². The molecule has 0 unspecified atom stereocenters. The quantitative estimate of drug-likeness (QED) is 0.849. The van der Waals surface area contributed by atoms with Crippen molar-refractivity contribution >= 4 is 17.8 Å². The molecule has 0 N–H and O–H groups in total. The van der Waals surface area contributed by atoms with E-state index in [2.05, 4.69) is 16.1 Å². The lowest BCUT2D eigenvalue weighted by atomic mass is 10.0. The maximum absolute atomic E-state index is 5.93. The summed E-state index contributed by atoms with van der Waals surface area (Å²) < 4.78 is 0. The van der Waals surface area contributed by atoms with E-state index in [4.69, 9.17) is 21.6 Å². The van der Waals surface area contributed by atoms with E-state index < -0.39 is 0 Å². The first-order valence-electron chi connectivity index (χ1n) is 7.68. The van der Waals surface area contributed by atoms with E-state index >= 15 is 0 Å². The van der Waals surface area contributed by atoms with Crippen molar-refractivity contribution in [2.45, 2.75) is 32.2 Å². The topological polar surface area (TPSA) is 41.4 Å². The molecule has 1 aliphatic carbocycles. The molecule has 0 saturated carbocycles. The maximum atomic E-state index is 5.93. The van der Waals surface area contributed by atoms with Gasteiger partial charge in [0.05, 0.1) is 11.4 Å². The molecule has 1 aliphatic heterocycles.